The zero-order valence-electron chi connectivity index (χ0n) is 19.1. The molecule has 0 spiro atoms. The highest BCUT2D eigenvalue weighted by Crippen LogP contribution is 2.30. The molecule has 0 unspecified atom stereocenters. The molecule has 1 N–H and O–H groups in total. The fraction of sp³-hybridized carbons (Fsp3) is 0.120. The smallest absolute Gasteiger partial charge is 0.295 e. The molecule has 0 aliphatic carbocycles. The minimum atomic E-state index is -0.290. The average molecular weight is 503 g/mol. The third kappa shape index (κ3) is 4.45. The Morgan fingerprint density at radius 1 is 0.971 bits per heavy atom. The van der Waals surface area contributed by atoms with E-state index in [1.807, 2.05) is 89.7 Å². The number of aromatic nitrogens is 5. The molecule has 0 fully saturated rings. The van der Waals surface area contributed by atoms with Crippen molar-refractivity contribution >= 4 is 34.7 Å². The maximum absolute atomic E-state index is 13.1. The van der Waals surface area contributed by atoms with E-state index < -0.39 is 0 Å². The van der Waals surface area contributed by atoms with Crippen LogP contribution in [0.3, 0.4) is 0 Å². The number of amides is 1. The van der Waals surface area contributed by atoms with Gasteiger partial charge in [-0.3, -0.25) is 18.8 Å². The molecule has 3 heterocycles. The van der Waals surface area contributed by atoms with E-state index in [4.69, 9.17) is 0 Å². The Labute approximate surface area is 209 Å². The first-order valence-corrected chi connectivity index (χ1v) is 12.7. The first-order valence-electron chi connectivity index (χ1n) is 10.9. The van der Waals surface area contributed by atoms with Crippen LogP contribution in [0.4, 0.5) is 5.69 Å². The van der Waals surface area contributed by atoms with E-state index in [-0.39, 0.29) is 22.9 Å². The van der Waals surface area contributed by atoms with Crippen LogP contribution in [0, 0.1) is 6.92 Å². The van der Waals surface area contributed by atoms with Gasteiger partial charge in [0.2, 0.25) is 5.91 Å². The number of nitrogens with zero attached hydrogens (tertiary/aromatic N) is 5. The predicted octanol–water partition coefficient (Wildman–Crippen LogP) is 4.52. The third-order valence-corrected chi connectivity index (χ3v) is 7.34. The molecule has 3 aromatic heterocycles. The summed E-state index contributed by atoms with van der Waals surface area (Å²) in [5, 5.41) is 14.1. The number of rotatable bonds is 7. The summed E-state index contributed by atoms with van der Waals surface area (Å²) in [4.78, 5) is 27.0. The first-order chi connectivity index (χ1) is 17.0. The van der Waals surface area contributed by atoms with Gasteiger partial charge in [-0.05, 0) is 42.6 Å². The maximum atomic E-state index is 13.1. The number of thioether (sulfide) groups is 1. The summed E-state index contributed by atoms with van der Waals surface area (Å²) >= 11 is 2.85. The van der Waals surface area contributed by atoms with Crippen molar-refractivity contribution in [3.8, 4) is 22.1 Å². The molecule has 0 atom stereocenters. The highest BCUT2D eigenvalue weighted by atomic mass is 32.2. The van der Waals surface area contributed by atoms with E-state index in [0.29, 0.717) is 10.9 Å². The highest BCUT2D eigenvalue weighted by molar-refractivity contribution is 7.99. The molecule has 5 rings (SSSR count). The number of para-hydroxylation sites is 2. The van der Waals surface area contributed by atoms with Gasteiger partial charge in [0, 0.05) is 12.7 Å². The van der Waals surface area contributed by atoms with Crippen molar-refractivity contribution < 1.29 is 4.79 Å². The second-order valence-electron chi connectivity index (χ2n) is 7.73. The normalized spacial score (nSPS) is 11.0. The Morgan fingerprint density at radius 3 is 2.31 bits per heavy atom. The van der Waals surface area contributed by atoms with Gasteiger partial charge in [0.15, 0.2) is 11.0 Å². The molecule has 1 amide bonds. The molecule has 0 aliphatic rings. The zero-order valence-corrected chi connectivity index (χ0v) is 20.7. The second kappa shape index (κ2) is 9.77. The number of nitrogens with one attached hydrogen (secondary N) is 1. The van der Waals surface area contributed by atoms with Crippen LogP contribution in [0.5, 0.6) is 0 Å². The Morgan fingerprint density at radius 2 is 1.66 bits per heavy atom. The SMILES string of the molecule is Cc1c(NC(=O)CSc2nnc(-c3cccs3)n2-c2ccccc2)c(=O)n(-c2ccccc2)n1C. The van der Waals surface area contributed by atoms with Crippen LogP contribution >= 0.6 is 23.1 Å². The van der Waals surface area contributed by atoms with Gasteiger partial charge in [-0.15, -0.1) is 21.5 Å². The summed E-state index contributed by atoms with van der Waals surface area (Å²) < 4.78 is 5.22. The quantitative estimate of drug-likeness (QED) is 0.331. The molecule has 0 saturated heterocycles. The third-order valence-electron chi connectivity index (χ3n) is 5.54. The average Bonchev–Trinajstić information content (AvgIpc) is 3.60. The molecule has 176 valence electrons. The summed E-state index contributed by atoms with van der Waals surface area (Å²) in [6, 6.07) is 23.1. The van der Waals surface area contributed by atoms with Gasteiger partial charge in [-0.25, -0.2) is 4.68 Å². The van der Waals surface area contributed by atoms with Gasteiger partial charge < -0.3 is 5.32 Å². The summed E-state index contributed by atoms with van der Waals surface area (Å²) in [7, 11) is 1.79. The van der Waals surface area contributed by atoms with Gasteiger partial charge >= 0.3 is 0 Å². The number of hydrogen-bond donors (Lipinski definition) is 1. The minimum absolute atomic E-state index is 0.0779. The van der Waals surface area contributed by atoms with Crippen molar-refractivity contribution in [3.05, 3.63) is 94.2 Å². The van der Waals surface area contributed by atoms with Gasteiger partial charge in [-0.2, -0.15) is 0 Å². The van der Waals surface area contributed by atoms with Crippen molar-refractivity contribution in [2.45, 2.75) is 12.1 Å². The number of carbonyl (C=O) groups is 1. The summed E-state index contributed by atoms with van der Waals surface area (Å²) in [5.41, 5.74) is 2.31. The topological polar surface area (TPSA) is 86.7 Å². The van der Waals surface area contributed by atoms with E-state index in [0.717, 1.165) is 22.1 Å². The van der Waals surface area contributed by atoms with Crippen molar-refractivity contribution in [3.63, 3.8) is 0 Å². The van der Waals surface area contributed by atoms with Crippen LogP contribution in [0.1, 0.15) is 5.69 Å². The van der Waals surface area contributed by atoms with Gasteiger partial charge in [-0.1, -0.05) is 54.2 Å². The first kappa shape index (κ1) is 22.9. The van der Waals surface area contributed by atoms with E-state index in [1.165, 1.54) is 16.4 Å². The molecule has 8 nitrogen and oxygen atoms in total. The molecule has 10 heteroatoms. The number of hydrogen-bond acceptors (Lipinski definition) is 6. The lowest BCUT2D eigenvalue weighted by Crippen LogP contribution is -2.23. The lowest BCUT2D eigenvalue weighted by Gasteiger charge is -2.09. The second-order valence-corrected chi connectivity index (χ2v) is 9.62. The minimum Gasteiger partial charge on any atom is -0.319 e. The lowest BCUT2D eigenvalue weighted by molar-refractivity contribution is -0.113. The Hall–Kier alpha value is -3.89. The molecule has 0 saturated carbocycles. The van der Waals surface area contributed by atoms with Crippen LogP contribution in [-0.2, 0) is 11.8 Å². The zero-order chi connectivity index (χ0) is 24.4. The summed E-state index contributed by atoms with van der Waals surface area (Å²) in [6.45, 7) is 1.81. The highest BCUT2D eigenvalue weighted by Gasteiger charge is 2.20. The predicted molar refractivity (Wildman–Crippen MR) is 140 cm³/mol. The van der Waals surface area contributed by atoms with Crippen LogP contribution in [0.2, 0.25) is 0 Å². The van der Waals surface area contributed by atoms with E-state index in [9.17, 15) is 9.59 Å². The van der Waals surface area contributed by atoms with E-state index >= 15 is 0 Å². The van der Waals surface area contributed by atoms with Gasteiger partial charge in [0.1, 0.15) is 5.69 Å². The maximum Gasteiger partial charge on any atom is 0.295 e. The fourth-order valence-electron chi connectivity index (χ4n) is 3.76. The van der Waals surface area contributed by atoms with Gasteiger partial charge in [0.25, 0.3) is 5.56 Å². The van der Waals surface area contributed by atoms with Crippen LogP contribution in [-0.4, -0.2) is 35.8 Å². The Balaban J connectivity index is 1.38. The Kier molecular flexibility index (Phi) is 6.39. The summed E-state index contributed by atoms with van der Waals surface area (Å²) in [5.74, 6) is 0.509. The van der Waals surface area contributed by atoms with Crippen LogP contribution in [0.25, 0.3) is 22.1 Å². The van der Waals surface area contributed by atoms with Crippen LogP contribution in [0.15, 0.2) is 88.1 Å². The number of anilines is 1. The van der Waals surface area contributed by atoms with Crippen molar-refractivity contribution in [1.82, 2.24) is 24.1 Å². The van der Waals surface area contributed by atoms with E-state index in [2.05, 4.69) is 15.5 Å². The van der Waals surface area contributed by atoms with Crippen molar-refractivity contribution in [1.29, 1.82) is 0 Å². The molecular weight excluding hydrogens is 480 g/mol. The largest absolute Gasteiger partial charge is 0.319 e. The van der Waals surface area contributed by atoms with Gasteiger partial charge in [0.05, 0.1) is 22.0 Å². The van der Waals surface area contributed by atoms with Crippen molar-refractivity contribution in [2.75, 3.05) is 11.1 Å². The molecule has 5 aromatic rings. The molecule has 0 radical (unpaired) electrons. The number of carbonyl (C=O) groups excluding carboxylic acids is 1. The Bertz CT molecular complexity index is 1520. The van der Waals surface area contributed by atoms with E-state index in [1.54, 1.807) is 23.1 Å². The number of benzene rings is 2. The molecule has 0 aliphatic heterocycles. The fourth-order valence-corrected chi connectivity index (χ4v) is 5.21. The molecule has 35 heavy (non-hydrogen) atoms. The summed E-state index contributed by atoms with van der Waals surface area (Å²) in [6.07, 6.45) is 0. The molecular formula is C25H22N6O2S2. The number of thiophene rings is 1. The van der Waals surface area contributed by atoms with Crippen LogP contribution < -0.4 is 10.9 Å². The monoisotopic (exact) mass is 502 g/mol. The molecule has 0 bridgehead atoms. The lowest BCUT2D eigenvalue weighted by atomic mass is 10.3. The van der Waals surface area contributed by atoms with Crippen molar-refractivity contribution in [2.24, 2.45) is 7.05 Å². The standard InChI is InChI=1S/C25H22N6O2S2/c1-17-22(24(33)31(29(17)2)19-12-7-4-8-13-19)26-21(32)16-35-25-28-27-23(20-14-9-15-34-20)30(25)18-10-5-3-6-11-18/h3-15H,16H2,1-2H3,(H,26,32). The molecule has 2 aromatic carbocycles.